The fourth-order valence-electron chi connectivity index (χ4n) is 1.48. The number of nitrogens with zero attached hydrogens (tertiary/aromatic N) is 3. The minimum absolute atomic E-state index is 0.212. The molecular formula is C11H10F2N4O. The van der Waals surface area contributed by atoms with Crippen molar-refractivity contribution in [3.8, 4) is 5.82 Å². The molecule has 0 aromatic carbocycles. The van der Waals surface area contributed by atoms with Crippen molar-refractivity contribution < 1.29 is 13.6 Å². The minimum atomic E-state index is -3.07. The molecule has 0 aliphatic heterocycles. The highest BCUT2D eigenvalue weighted by Gasteiger charge is 2.17. The summed E-state index contributed by atoms with van der Waals surface area (Å²) in [6.07, 6.45) is 1.63. The molecule has 0 bridgehead atoms. The molecule has 2 heterocycles. The third kappa shape index (κ3) is 2.34. The first-order valence-electron chi connectivity index (χ1n) is 5.14. The Labute approximate surface area is 101 Å². The number of nitrogens with one attached hydrogen (secondary N) is 1. The number of hydrogen-bond acceptors (Lipinski definition) is 3. The lowest BCUT2D eigenvalue weighted by molar-refractivity contribution is -0.126. The molecule has 0 unspecified atom stereocenters. The van der Waals surface area contributed by atoms with E-state index in [1.165, 1.54) is 12.3 Å². The summed E-state index contributed by atoms with van der Waals surface area (Å²) in [5.41, 5.74) is 0.212. The molecular weight excluding hydrogens is 242 g/mol. The van der Waals surface area contributed by atoms with Crippen LogP contribution in [0.1, 0.15) is 5.82 Å². The van der Waals surface area contributed by atoms with Crippen molar-refractivity contribution in [3.05, 3.63) is 36.5 Å². The number of carbonyl (C=O) groups is 1. The molecule has 94 valence electrons. The van der Waals surface area contributed by atoms with Gasteiger partial charge in [0.05, 0.1) is 5.69 Å². The lowest BCUT2D eigenvalue weighted by Crippen LogP contribution is -2.21. The van der Waals surface area contributed by atoms with Crippen LogP contribution in [-0.4, -0.2) is 26.9 Å². The zero-order valence-electron chi connectivity index (χ0n) is 9.47. The first kappa shape index (κ1) is 12.2. The average molecular weight is 252 g/mol. The molecule has 0 aliphatic rings. The Morgan fingerprint density at radius 3 is 2.78 bits per heavy atom. The number of imidazole rings is 1. The Morgan fingerprint density at radius 1 is 1.39 bits per heavy atom. The molecule has 0 spiro atoms. The van der Waals surface area contributed by atoms with Gasteiger partial charge in [0.2, 0.25) is 0 Å². The third-order valence-corrected chi connectivity index (χ3v) is 2.30. The van der Waals surface area contributed by atoms with E-state index < -0.39 is 12.3 Å². The van der Waals surface area contributed by atoms with Gasteiger partial charge in [0, 0.05) is 18.6 Å². The lowest BCUT2D eigenvalue weighted by atomic mass is 10.3. The van der Waals surface area contributed by atoms with Crippen molar-refractivity contribution >= 4 is 11.6 Å². The van der Waals surface area contributed by atoms with Crippen molar-refractivity contribution in [1.29, 1.82) is 0 Å². The second-order valence-corrected chi connectivity index (χ2v) is 3.51. The van der Waals surface area contributed by atoms with Gasteiger partial charge in [-0.25, -0.2) is 9.97 Å². The van der Waals surface area contributed by atoms with E-state index in [2.05, 4.69) is 15.3 Å². The SMILES string of the molecule is Cc1nccn1-c1ncccc1NC(=O)C(F)F. The molecule has 0 radical (unpaired) electrons. The van der Waals surface area contributed by atoms with Crippen LogP contribution in [0.4, 0.5) is 14.5 Å². The van der Waals surface area contributed by atoms with E-state index in [0.717, 1.165) is 0 Å². The highest BCUT2D eigenvalue weighted by molar-refractivity contribution is 5.94. The summed E-state index contributed by atoms with van der Waals surface area (Å²) < 4.78 is 26.0. The minimum Gasteiger partial charge on any atom is -0.318 e. The highest BCUT2D eigenvalue weighted by atomic mass is 19.3. The van der Waals surface area contributed by atoms with E-state index in [4.69, 9.17) is 0 Å². The van der Waals surface area contributed by atoms with Crippen molar-refractivity contribution in [1.82, 2.24) is 14.5 Å². The molecule has 18 heavy (non-hydrogen) atoms. The first-order valence-corrected chi connectivity index (χ1v) is 5.14. The van der Waals surface area contributed by atoms with Crippen LogP contribution in [0.3, 0.4) is 0 Å². The Bertz CT molecular complexity index is 568. The van der Waals surface area contributed by atoms with Crippen LogP contribution in [0, 0.1) is 6.92 Å². The molecule has 0 atom stereocenters. The van der Waals surface area contributed by atoms with Crippen molar-refractivity contribution in [2.45, 2.75) is 13.3 Å². The Kier molecular flexibility index (Phi) is 3.31. The van der Waals surface area contributed by atoms with E-state index >= 15 is 0 Å². The van der Waals surface area contributed by atoms with Crippen LogP contribution < -0.4 is 5.32 Å². The number of anilines is 1. The number of halogens is 2. The summed E-state index contributed by atoms with van der Waals surface area (Å²) >= 11 is 0. The second-order valence-electron chi connectivity index (χ2n) is 3.51. The number of carbonyl (C=O) groups excluding carboxylic acids is 1. The van der Waals surface area contributed by atoms with Gasteiger partial charge < -0.3 is 5.32 Å². The van der Waals surface area contributed by atoms with Crippen molar-refractivity contribution in [3.63, 3.8) is 0 Å². The normalized spacial score (nSPS) is 10.7. The Hall–Kier alpha value is -2.31. The molecule has 2 aromatic rings. The van der Waals surface area contributed by atoms with Crippen molar-refractivity contribution in [2.75, 3.05) is 5.32 Å². The van der Waals surface area contributed by atoms with Gasteiger partial charge in [-0.3, -0.25) is 9.36 Å². The van der Waals surface area contributed by atoms with Crippen LogP contribution in [0.15, 0.2) is 30.7 Å². The van der Waals surface area contributed by atoms with Gasteiger partial charge in [-0.1, -0.05) is 0 Å². The number of alkyl halides is 2. The predicted octanol–water partition coefficient (Wildman–Crippen LogP) is 1.78. The summed E-state index contributed by atoms with van der Waals surface area (Å²) in [5, 5.41) is 2.13. The fraction of sp³-hybridized carbons (Fsp3) is 0.182. The first-order chi connectivity index (χ1) is 8.59. The van der Waals surface area contributed by atoms with Crippen LogP contribution in [0.5, 0.6) is 0 Å². The van der Waals surface area contributed by atoms with Crippen molar-refractivity contribution in [2.24, 2.45) is 0 Å². The molecule has 0 saturated heterocycles. The molecule has 0 fully saturated rings. The molecule has 5 nitrogen and oxygen atoms in total. The number of hydrogen-bond donors (Lipinski definition) is 1. The van der Waals surface area contributed by atoms with E-state index in [1.54, 1.807) is 30.0 Å². The van der Waals surface area contributed by atoms with Gasteiger partial charge in [0.15, 0.2) is 5.82 Å². The van der Waals surface area contributed by atoms with E-state index in [-0.39, 0.29) is 5.69 Å². The van der Waals surface area contributed by atoms with Crippen LogP contribution in [0.2, 0.25) is 0 Å². The monoisotopic (exact) mass is 252 g/mol. The molecule has 2 rings (SSSR count). The molecule has 7 heteroatoms. The maximum Gasteiger partial charge on any atom is 0.315 e. The van der Waals surface area contributed by atoms with Gasteiger partial charge in [-0.05, 0) is 19.1 Å². The molecule has 0 aliphatic carbocycles. The van der Waals surface area contributed by atoms with Gasteiger partial charge >= 0.3 is 6.43 Å². The summed E-state index contributed by atoms with van der Waals surface area (Å²) in [6.45, 7) is 1.74. The maximum absolute atomic E-state index is 12.2. The van der Waals surface area contributed by atoms with Gasteiger partial charge in [0.1, 0.15) is 5.82 Å². The van der Waals surface area contributed by atoms with Gasteiger partial charge in [0.25, 0.3) is 5.91 Å². The predicted molar refractivity (Wildman–Crippen MR) is 60.7 cm³/mol. The largest absolute Gasteiger partial charge is 0.318 e. The molecule has 1 amide bonds. The second kappa shape index (κ2) is 4.91. The smallest absolute Gasteiger partial charge is 0.315 e. The summed E-state index contributed by atoms with van der Waals surface area (Å²) in [7, 11) is 0. The Morgan fingerprint density at radius 2 is 2.17 bits per heavy atom. The van der Waals surface area contributed by atoms with Crippen LogP contribution in [0.25, 0.3) is 5.82 Å². The van der Waals surface area contributed by atoms with E-state index in [0.29, 0.717) is 11.6 Å². The van der Waals surface area contributed by atoms with E-state index in [1.807, 2.05) is 0 Å². The number of aryl methyl sites for hydroxylation is 1. The average Bonchev–Trinajstić information content (AvgIpc) is 2.76. The lowest BCUT2D eigenvalue weighted by Gasteiger charge is -2.11. The summed E-state index contributed by atoms with van der Waals surface area (Å²) in [6, 6.07) is 3.05. The quantitative estimate of drug-likeness (QED) is 0.905. The number of amides is 1. The van der Waals surface area contributed by atoms with E-state index in [9.17, 15) is 13.6 Å². The molecule has 0 saturated carbocycles. The summed E-state index contributed by atoms with van der Waals surface area (Å²) in [5.74, 6) is -0.371. The van der Waals surface area contributed by atoms with Gasteiger partial charge in [-0.15, -0.1) is 0 Å². The third-order valence-electron chi connectivity index (χ3n) is 2.30. The number of pyridine rings is 1. The topological polar surface area (TPSA) is 59.8 Å². The van der Waals surface area contributed by atoms with Gasteiger partial charge in [-0.2, -0.15) is 8.78 Å². The molecule has 2 aromatic heterocycles. The molecule has 1 N–H and O–H groups in total. The van der Waals surface area contributed by atoms with Crippen LogP contribution >= 0.6 is 0 Å². The number of aromatic nitrogens is 3. The highest BCUT2D eigenvalue weighted by Crippen LogP contribution is 2.18. The number of rotatable bonds is 3. The zero-order chi connectivity index (χ0) is 13.1. The Balaban J connectivity index is 2.38. The standard InChI is InChI=1S/C11H10F2N4O/c1-7-14-5-6-17(7)10-8(3-2-4-15-10)16-11(18)9(12)13/h2-6,9H,1H3,(H,16,18). The zero-order valence-corrected chi connectivity index (χ0v) is 9.47. The van der Waals surface area contributed by atoms with Crippen LogP contribution in [-0.2, 0) is 4.79 Å². The maximum atomic E-state index is 12.2. The fourth-order valence-corrected chi connectivity index (χ4v) is 1.48. The summed E-state index contributed by atoms with van der Waals surface area (Å²) in [4.78, 5) is 19.1.